The number of carbonyl (C=O) groups excluding carboxylic acids is 2. The second kappa shape index (κ2) is 6.39. The van der Waals surface area contributed by atoms with Gasteiger partial charge in [0.05, 0.1) is 24.5 Å². The van der Waals surface area contributed by atoms with Gasteiger partial charge in [0, 0.05) is 5.69 Å². The normalized spacial score (nSPS) is 20.8. The van der Waals surface area contributed by atoms with Gasteiger partial charge in [-0.15, -0.1) is 0 Å². The number of carboxylic acids is 1. The van der Waals surface area contributed by atoms with Crippen LogP contribution in [-0.2, 0) is 14.3 Å². The number of aliphatic carboxylic acids is 1. The van der Waals surface area contributed by atoms with E-state index >= 15 is 0 Å². The number of ether oxygens (including phenoxy) is 1. The lowest BCUT2D eigenvalue weighted by molar-refractivity contribution is -0.145. The van der Waals surface area contributed by atoms with Gasteiger partial charge in [-0.3, -0.25) is 9.59 Å². The van der Waals surface area contributed by atoms with Crippen molar-refractivity contribution >= 4 is 23.5 Å². The highest BCUT2D eigenvalue weighted by Gasteiger charge is 2.37. The van der Waals surface area contributed by atoms with Crippen molar-refractivity contribution in [2.75, 3.05) is 12.4 Å². The minimum Gasteiger partial charge on any atom is -0.481 e. The minimum absolute atomic E-state index is 0.318. The molecule has 0 aliphatic heterocycles. The third kappa shape index (κ3) is 3.39. The largest absolute Gasteiger partial charge is 0.481 e. The van der Waals surface area contributed by atoms with Gasteiger partial charge in [0.25, 0.3) is 0 Å². The number of benzene rings is 1. The summed E-state index contributed by atoms with van der Waals surface area (Å²) in [6.45, 7) is 0. The van der Waals surface area contributed by atoms with Gasteiger partial charge in [-0.2, -0.15) is 0 Å². The molecule has 1 fully saturated rings. The average molecular weight is 291 g/mol. The fraction of sp³-hybridized carbons (Fsp3) is 0.400. The highest BCUT2D eigenvalue weighted by Crippen LogP contribution is 2.32. The first-order valence-corrected chi connectivity index (χ1v) is 6.75. The summed E-state index contributed by atoms with van der Waals surface area (Å²) in [5.74, 6) is -2.90. The van der Waals surface area contributed by atoms with Gasteiger partial charge >= 0.3 is 11.9 Å². The van der Waals surface area contributed by atoms with E-state index in [1.165, 1.54) is 13.2 Å². The monoisotopic (exact) mass is 291 g/mol. The minimum atomic E-state index is -0.934. The molecule has 1 aliphatic carbocycles. The molecule has 1 amide bonds. The zero-order valence-corrected chi connectivity index (χ0v) is 11.7. The molecule has 2 rings (SSSR count). The Kier molecular flexibility index (Phi) is 4.57. The Morgan fingerprint density at radius 1 is 1.24 bits per heavy atom. The van der Waals surface area contributed by atoms with Crippen molar-refractivity contribution in [1.82, 2.24) is 0 Å². The van der Waals surface area contributed by atoms with Crippen molar-refractivity contribution in [2.24, 2.45) is 11.8 Å². The number of amides is 1. The van der Waals surface area contributed by atoms with Crippen LogP contribution in [0.1, 0.15) is 29.6 Å². The van der Waals surface area contributed by atoms with E-state index in [1.807, 2.05) is 0 Å². The SMILES string of the molecule is COC(=O)c1cccc(NC(=O)C2CCCC2C(=O)O)c1. The topological polar surface area (TPSA) is 92.7 Å². The Bertz CT molecular complexity index is 569. The summed E-state index contributed by atoms with van der Waals surface area (Å²) in [5, 5.41) is 11.8. The molecule has 6 nitrogen and oxygen atoms in total. The average Bonchev–Trinajstić information content (AvgIpc) is 2.96. The van der Waals surface area contributed by atoms with Crippen LogP contribution in [0.3, 0.4) is 0 Å². The predicted octanol–water partition coefficient (Wildman–Crippen LogP) is 1.91. The fourth-order valence-electron chi connectivity index (χ4n) is 2.65. The molecule has 2 unspecified atom stereocenters. The molecule has 0 aromatic heterocycles. The van der Waals surface area contributed by atoms with Gasteiger partial charge < -0.3 is 15.2 Å². The van der Waals surface area contributed by atoms with Crippen molar-refractivity contribution in [2.45, 2.75) is 19.3 Å². The lowest BCUT2D eigenvalue weighted by atomic mass is 9.95. The number of anilines is 1. The second-order valence-electron chi connectivity index (χ2n) is 5.04. The van der Waals surface area contributed by atoms with Gasteiger partial charge in [0.1, 0.15) is 0 Å². The van der Waals surface area contributed by atoms with E-state index in [-0.39, 0.29) is 5.91 Å². The van der Waals surface area contributed by atoms with Crippen molar-refractivity contribution in [3.05, 3.63) is 29.8 Å². The van der Waals surface area contributed by atoms with Crippen LogP contribution >= 0.6 is 0 Å². The third-order valence-electron chi connectivity index (χ3n) is 3.72. The Labute approximate surface area is 122 Å². The van der Waals surface area contributed by atoms with Crippen molar-refractivity contribution in [3.63, 3.8) is 0 Å². The smallest absolute Gasteiger partial charge is 0.337 e. The molecule has 0 radical (unpaired) electrons. The highest BCUT2D eigenvalue weighted by atomic mass is 16.5. The van der Waals surface area contributed by atoms with E-state index in [4.69, 9.17) is 5.11 Å². The van der Waals surface area contributed by atoms with Gasteiger partial charge in [-0.25, -0.2) is 4.79 Å². The molecule has 0 bridgehead atoms. The molecule has 1 aromatic carbocycles. The molecule has 0 spiro atoms. The molecule has 1 aliphatic rings. The first-order valence-electron chi connectivity index (χ1n) is 6.75. The lowest BCUT2D eigenvalue weighted by Gasteiger charge is -2.15. The summed E-state index contributed by atoms with van der Waals surface area (Å²) in [7, 11) is 1.28. The molecular weight excluding hydrogens is 274 g/mol. The van der Waals surface area contributed by atoms with Crippen LogP contribution in [0.2, 0.25) is 0 Å². The maximum atomic E-state index is 12.2. The maximum Gasteiger partial charge on any atom is 0.337 e. The van der Waals surface area contributed by atoms with E-state index in [9.17, 15) is 14.4 Å². The Morgan fingerprint density at radius 2 is 1.95 bits per heavy atom. The summed E-state index contributed by atoms with van der Waals surface area (Å²) in [6, 6.07) is 6.37. The number of carboxylic acid groups (broad SMARTS) is 1. The van der Waals surface area contributed by atoms with Crippen LogP contribution in [0.15, 0.2) is 24.3 Å². The number of rotatable bonds is 4. The van der Waals surface area contributed by atoms with Gasteiger partial charge in [0.2, 0.25) is 5.91 Å². The van der Waals surface area contributed by atoms with Crippen LogP contribution in [0, 0.1) is 11.8 Å². The van der Waals surface area contributed by atoms with E-state index in [2.05, 4.69) is 10.1 Å². The van der Waals surface area contributed by atoms with Gasteiger partial charge in [-0.05, 0) is 31.0 Å². The quantitative estimate of drug-likeness (QED) is 0.827. The van der Waals surface area contributed by atoms with E-state index < -0.39 is 23.8 Å². The van der Waals surface area contributed by atoms with Gasteiger partial charge in [-0.1, -0.05) is 12.5 Å². The second-order valence-corrected chi connectivity index (χ2v) is 5.04. The van der Waals surface area contributed by atoms with Crippen LogP contribution in [0.25, 0.3) is 0 Å². The molecule has 21 heavy (non-hydrogen) atoms. The van der Waals surface area contributed by atoms with Crippen LogP contribution in [-0.4, -0.2) is 30.1 Å². The lowest BCUT2D eigenvalue weighted by Crippen LogP contribution is -2.30. The maximum absolute atomic E-state index is 12.2. The van der Waals surface area contributed by atoms with Crippen LogP contribution in [0.4, 0.5) is 5.69 Å². The van der Waals surface area contributed by atoms with Crippen LogP contribution in [0.5, 0.6) is 0 Å². The molecule has 1 aromatic rings. The molecule has 2 atom stereocenters. The summed E-state index contributed by atoms with van der Waals surface area (Å²) < 4.78 is 4.62. The van der Waals surface area contributed by atoms with Crippen molar-refractivity contribution in [3.8, 4) is 0 Å². The number of carbonyl (C=O) groups is 3. The number of esters is 1. The first kappa shape index (κ1) is 15.0. The third-order valence-corrected chi connectivity index (χ3v) is 3.72. The summed E-state index contributed by atoms with van der Waals surface area (Å²) in [4.78, 5) is 34.7. The molecule has 2 N–H and O–H groups in total. The molecule has 112 valence electrons. The Balaban J connectivity index is 2.09. The standard InChI is InChI=1S/C15H17NO5/c1-21-15(20)9-4-2-5-10(8-9)16-13(17)11-6-3-7-12(11)14(18)19/h2,4-5,8,11-12H,3,6-7H2,1H3,(H,16,17)(H,18,19). The number of hydrogen-bond donors (Lipinski definition) is 2. The Morgan fingerprint density at radius 3 is 2.62 bits per heavy atom. The van der Waals surface area contributed by atoms with Crippen molar-refractivity contribution < 1.29 is 24.2 Å². The predicted molar refractivity (Wildman–Crippen MR) is 74.9 cm³/mol. The molecule has 1 saturated carbocycles. The van der Waals surface area contributed by atoms with Crippen molar-refractivity contribution in [1.29, 1.82) is 0 Å². The molecule has 0 saturated heterocycles. The zero-order valence-electron chi connectivity index (χ0n) is 11.7. The van der Waals surface area contributed by atoms with E-state index in [0.29, 0.717) is 24.1 Å². The zero-order chi connectivity index (χ0) is 15.4. The Hall–Kier alpha value is -2.37. The molecule has 0 heterocycles. The fourth-order valence-corrected chi connectivity index (χ4v) is 2.65. The summed E-state index contributed by atoms with van der Waals surface area (Å²) in [5.41, 5.74) is 0.787. The van der Waals surface area contributed by atoms with E-state index in [0.717, 1.165) is 6.42 Å². The number of methoxy groups -OCH3 is 1. The van der Waals surface area contributed by atoms with Gasteiger partial charge in [0.15, 0.2) is 0 Å². The highest BCUT2D eigenvalue weighted by molar-refractivity contribution is 5.97. The number of hydrogen-bond acceptors (Lipinski definition) is 4. The summed E-state index contributed by atoms with van der Waals surface area (Å²) in [6.07, 6.45) is 1.83. The molecular formula is C15H17NO5. The molecule has 6 heteroatoms. The van der Waals surface area contributed by atoms with Crippen LogP contribution < -0.4 is 5.32 Å². The first-order chi connectivity index (χ1) is 10.0. The summed E-state index contributed by atoms with van der Waals surface area (Å²) >= 11 is 0. The number of nitrogens with one attached hydrogen (secondary N) is 1. The van der Waals surface area contributed by atoms with E-state index in [1.54, 1.807) is 18.2 Å².